The molecule has 0 saturated carbocycles. The molecular formula is C13H13N5. The summed E-state index contributed by atoms with van der Waals surface area (Å²) in [5.74, 6) is 0. The number of nitriles is 1. The third-order valence-corrected chi connectivity index (χ3v) is 3.18. The predicted molar refractivity (Wildman–Crippen MR) is 69.3 cm³/mol. The van der Waals surface area contributed by atoms with Crippen molar-refractivity contribution in [2.45, 2.75) is 0 Å². The second-order valence-electron chi connectivity index (χ2n) is 4.23. The first-order chi connectivity index (χ1) is 8.90. The summed E-state index contributed by atoms with van der Waals surface area (Å²) >= 11 is 0. The van der Waals surface area contributed by atoms with Crippen LogP contribution < -0.4 is 10.2 Å². The van der Waals surface area contributed by atoms with Crippen molar-refractivity contribution in [3.8, 4) is 6.07 Å². The van der Waals surface area contributed by atoms with Gasteiger partial charge in [0.05, 0.1) is 11.3 Å². The molecule has 5 heteroatoms. The Balaban J connectivity index is 2.15. The fourth-order valence-corrected chi connectivity index (χ4v) is 2.29. The molecule has 0 unspecified atom stereocenters. The lowest BCUT2D eigenvalue weighted by molar-refractivity contribution is 0.590. The van der Waals surface area contributed by atoms with Crippen LogP contribution in [-0.4, -0.2) is 36.1 Å². The Bertz CT molecular complexity index is 610. The maximum Gasteiger partial charge on any atom is 0.113 e. The summed E-state index contributed by atoms with van der Waals surface area (Å²) in [6, 6.07) is 5.97. The zero-order chi connectivity index (χ0) is 12.4. The molecule has 1 N–H and O–H groups in total. The number of hydrogen-bond acceptors (Lipinski definition) is 5. The molecule has 0 aliphatic carbocycles. The van der Waals surface area contributed by atoms with E-state index in [0.717, 1.165) is 37.4 Å². The van der Waals surface area contributed by atoms with Gasteiger partial charge < -0.3 is 10.2 Å². The minimum absolute atomic E-state index is 0.581. The fourth-order valence-electron chi connectivity index (χ4n) is 2.29. The van der Waals surface area contributed by atoms with E-state index in [0.29, 0.717) is 11.1 Å². The standard InChI is InChI=1S/C13H13N5/c14-9-10-1-2-11(18-7-5-15-6-8-18)13-12(10)16-3-4-17-13/h1-4,15H,5-8H2. The van der Waals surface area contributed by atoms with Crippen molar-refractivity contribution in [1.82, 2.24) is 15.3 Å². The molecule has 2 aromatic rings. The van der Waals surface area contributed by atoms with E-state index >= 15 is 0 Å². The van der Waals surface area contributed by atoms with Gasteiger partial charge in [-0.05, 0) is 12.1 Å². The van der Waals surface area contributed by atoms with Crippen molar-refractivity contribution in [2.24, 2.45) is 0 Å². The molecule has 0 spiro atoms. The number of nitrogens with one attached hydrogen (secondary N) is 1. The van der Waals surface area contributed by atoms with Gasteiger partial charge in [0.15, 0.2) is 0 Å². The smallest absolute Gasteiger partial charge is 0.113 e. The zero-order valence-corrected chi connectivity index (χ0v) is 9.93. The molecule has 0 radical (unpaired) electrons. The highest BCUT2D eigenvalue weighted by molar-refractivity contribution is 5.91. The van der Waals surface area contributed by atoms with Crippen LogP contribution in [0.15, 0.2) is 24.5 Å². The van der Waals surface area contributed by atoms with Crippen molar-refractivity contribution in [1.29, 1.82) is 5.26 Å². The molecule has 3 rings (SSSR count). The van der Waals surface area contributed by atoms with Gasteiger partial charge in [0.1, 0.15) is 17.1 Å². The van der Waals surface area contributed by atoms with Gasteiger partial charge in [-0.15, -0.1) is 0 Å². The summed E-state index contributed by atoms with van der Waals surface area (Å²) in [5, 5.41) is 12.4. The van der Waals surface area contributed by atoms with E-state index in [1.54, 1.807) is 12.4 Å². The van der Waals surface area contributed by atoms with Crippen LogP contribution in [0.2, 0.25) is 0 Å². The van der Waals surface area contributed by atoms with Crippen LogP contribution in [0.25, 0.3) is 11.0 Å². The Hall–Kier alpha value is -2.19. The average molecular weight is 239 g/mol. The van der Waals surface area contributed by atoms with Crippen molar-refractivity contribution < 1.29 is 0 Å². The summed E-state index contributed by atoms with van der Waals surface area (Å²) < 4.78 is 0. The highest BCUT2D eigenvalue weighted by atomic mass is 15.2. The Morgan fingerprint density at radius 1 is 1.11 bits per heavy atom. The Labute approximate surface area is 105 Å². The number of nitrogens with zero attached hydrogens (tertiary/aromatic N) is 4. The molecule has 0 bridgehead atoms. The van der Waals surface area contributed by atoms with Crippen LogP contribution >= 0.6 is 0 Å². The van der Waals surface area contributed by atoms with E-state index in [-0.39, 0.29) is 0 Å². The normalized spacial score (nSPS) is 15.6. The van der Waals surface area contributed by atoms with Crippen LogP contribution in [0, 0.1) is 11.3 Å². The van der Waals surface area contributed by atoms with E-state index in [9.17, 15) is 0 Å². The molecule has 1 aromatic carbocycles. The lowest BCUT2D eigenvalue weighted by atomic mass is 10.1. The third-order valence-electron chi connectivity index (χ3n) is 3.18. The molecule has 1 aliphatic heterocycles. The average Bonchev–Trinajstić information content (AvgIpc) is 2.47. The van der Waals surface area contributed by atoms with Gasteiger partial charge in [-0.3, -0.25) is 9.97 Å². The summed E-state index contributed by atoms with van der Waals surface area (Å²) in [7, 11) is 0. The molecule has 1 saturated heterocycles. The van der Waals surface area contributed by atoms with Crippen molar-refractivity contribution in [3.63, 3.8) is 0 Å². The number of anilines is 1. The summed E-state index contributed by atoms with van der Waals surface area (Å²) in [4.78, 5) is 11.0. The number of benzene rings is 1. The minimum atomic E-state index is 0.581. The van der Waals surface area contributed by atoms with Crippen LogP contribution in [-0.2, 0) is 0 Å². The lowest BCUT2D eigenvalue weighted by Gasteiger charge is -2.29. The number of fused-ring (bicyclic) bond motifs is 1. The summed E-state index contributed by atoms with van der Waals surface area (Å²) in [6.07, 6.45) is 3.31. The van der Waals surface area contributed by atoms with E-state index in [2.05, 4.69) is 26.3 Å². The van der Waals surface area contributed by atoms with E-state index in [1.807, 2.05) is 12.1 Å². The minimum Gasteiger partial charge on any atom is -0.367 e. The molecule has 1 aromatic heterocycles. The highest BCUT2D eigenvalue weighted by Crippen LogP contribution is 2.26. The van der Waals surface area contributed by atoms with Crippen LogP contribution in [0.5, 0.6) is 0 Å². The molecule has 1 aliphatic rings. The number of hydrogen-bond donors (Lipinski definition) is 1. The predicted octanol–water partition coefficient (Wildman–Crippen LogP) is 0.911. The molecule has 0 amide bonds. The first-order valence-corrected chi connectivity index (χ1v) is 5.99. The lowest BCUT2D eigenvalue weighted by Crippen LogP contribution is -2.43. The van der Waals surface area contributed by atoms with E-state index < -0.39 is 0 Å². The maximum atomic E-state index is 9.10. The first-order valence-electron chi connectivity index (χ1n) is 5.99. The van der Waals surface area contributed by atoms with Gasteiger partial charge in [0.2, 0.25) is 0 Å². The monoisotopic (exact) mass is 239 g/mol. The van der Waals surface area contributed by atoms with Crippen LogP contribution in [0.4, 0.5) is 5.69 Å². The van der Waals surface area contributed by atoms with Gasteiger partial charge >= 0.3 is 0 Å². The SMILES string of the molecule is N#Cc1ccc(N2CCNCC2)c2nccnc12. The number of piperazine rings is 1. The second kappa shape index (κ2) is 4.59. The Morgan fingerprint density at radius 2 is 1.83 bits per heavy atom. The van der Waals surface area contributed by atoms with Gasteiger partial charge in [-0.2, -0.15) is 5.26 Å². The van der Waals surface area contributed by atoms with Crippen molar-refractivity contribution in [2.75, 3.05) is 31.1 Å². The van der Waals surface area contributed by atoms with E-state index in [1.165, 1.54) is 0 Å². The summed E-state index contributed by atoms with van der Waals surface area (Å²) in [5.41, 5.74) is 3.16. The summed E-state index contributed by atoms with van der Waals surface area (Å²) in [6.45, 7) is 3.86. The van der Waals surface area contributed by atoms with Gasteiger partial charge in [-0.1, -0.05) is 0 Å². The molecule has 18 heavy (non-hydrogen) atoms. The first kappa shape index (κ1) is 10.9. The molecule has 5 nitrogen and oxygen atoms in total. The molecular weight excluding hydrogens is 226 g/mol. The van der Waals surface area contributed by atoms with Crippen molar-refractivity contribution >= 4 is 16.7 Å². The third kappa shape index (κ3) is 1.77. The fraction of sp³-hybridized carbons (Fsp3) is 0.308. The second-order valence-corrected chi connectivity index (χ2v) is 4.23. The quantitative estimate of drug-likeness (QED) is 0.801. The van der Waals surface area contributed by atoms with Crippen LogP contribution in [0.1, 0.15) is 5.56 Å². The van der Waals surface area contributed by atoms with Crippen molar-refractivity contribution in [3.05, 3.63) is 30.1 Å². The molecule has 1 fully saturated rings. The Morgan fingerprint density at radius 3 is 2.56 bits per heavy atom. The maximum absolute atomic E-state index is 9.10. The number of rotatable bonds is 1. The molecule has 2 heterocycles. The van der Waals surface area contributed by atoms with Gasteiger partial charge in [0.25, 0.3) is 0 Å². The molecule has 0 atom stereocenters. The van der Waals surface area contributed by atoms with Gasteiger partial charge in [-0.25, -0.2) is 0 Å². The van der Waals surface area contributed by atoms with Gasteiger partial charge in [0, 0.05) is 38.6 Å². The zero-order valence-electron chi connectivity index (χ0n) is 9.93. The highest BCUT2D eigenvalue weighted by Gasteiger charge is 2.15. The van der Waals surface area contributed by atoms with E-state index in [4.69, 9.17) is 5.26 Å². The van der Waals surface area contributed by atoms with Crippen LogP contribution in [0.3, 0.4) is 0 Å². The largest absolute Gasteiger partial charge is 0.367 e. The topological polar surface area (TPSA) is 64.8 Å². The Kier molecular flexibility index (Phi) is 2.79. The molecule has 90 valence electrons. The number of aromatic nitrogens is 2.